The molecule has 4 N–H and O–H groups in total. The number of aromatic nitrogens is 5. The summed E-state index contributed by atoms with van der Waals surface area (Å²) in [7, 11) is 7.41. The Morgan fingerprint density at radius 1 is 0.971 bits per heavy atom. The summed E-state index contributed by atoms with van der Waals surface area (Å²) in [6, 6.07) is 19.0. The summed E-state index contributed by atoms with van der Waals surface area (Å²) in [6.45, 7) is 10.1. The van der Waals surface area contributed by atoms with Crippen molar-refractivity contribution in [2.75, 3.05) is 64.3 Å². The number of likely N-dealkylation sites (N-methyl/N-ethyl adjacent to an activating group) is 1. The molecule has 18 nitrogen and oxygen atoms in total. The van der Waals surface area contributed by atoms with Gasteiger partial charge in [-0.2, -0.15) is 10.2 Å². The highest BCUT2D eigenvalue weighted by molar-refractivity contribution is 6.04. The molecule has 2 aliphatic heterocycles. The summed E-state index contributed by atoms with van der Waals surface area (Å²) in [5, 5.41) is 20.1. The first-order valence-corrected chi connectivity index (χ1v) is 23.2. The standard InChI is InChI=1S/C50H65N11O7/c1-32-27-36(20-24-60(32)35-16-17-39(44(29-35)66-8)55-47(63)40-12-9-11-37(54-40)38-18-21-52-57-38)68-31-45(62)56-46(50(2,3)4)49(65)61-23-10-13-42(61)48(64)51-30-34-15-14-33(41-19-22-53-59(41)7)28-43(34)67-26-25-58(5)6/h9,11-12,14-19,21-22,28-29,32,36,42,46H,10,13,20,23-27,30-31H2,1-8H3,(H,51,64)(H,52,57)(H,55,63)(H,56,62)/t32-,36-,42-,46+/m0/s1. The number of piperidine rings is 1. The third-order valence-corrected chi connectivity index (χ3v) is 12.5. The maximum atomic E-state index is 14.3. The lowest BCUT2D eigenvalue weighted by Crippen LogP contribution is -2.58. The number of carbonyl (C=O) groups excluding carboxylic acids is 4. The van der Waals surface area contributed by atoms with Gasteiger partial charge in [0.15, 0.2) is 0 Å². The number of aromatic amines is 1. The Morgan fingerprint density at radius 3 is 2.50 bits per heavy atom. The van der Waals surface area contributed by atoms with Gasteiger partial charge in [0.1, 0.15) is 42.5 Å². The van der Waals surface area contributed by atoms with Crippen LogP contribution in [0.5, 0.6) is 11.5 Å². The van der Waals surface area contributed by atoms with Crippen LogP contribution in [0.25, 0.3) is 22.6 Å². The average Bonchev–Trinajstić information content (AvgIpc) is 4.13. The second-order valence-electron chi connectivity index (χ2n) is 18.8. The predicted octanol–water partition coefficient (Wildman–Crippen LogP) is 5.29. The van der Waals surface area contributed by atoms with Crippen LogP contribution in [0.1, 0.15) is 69.4 Å². The van der Waals surface area contributed by atoms with Gasteiger partial charge in [-0.1, -0.05) is 39.0 Å². The molecule has 362 valence electrons. The molecule has 7 rings (SSSR count). The van der Waals surface area contributed by atoms with E-state index in [9.17, 15) is 19.2 Å². The third-order valence-electron chi connectivity index (χ3n) is 12.5. The number of anilines is 2. The lowest BCUT2D eigenvalue weighted by atomic mass is 9.85. The highest BCUT2D eigenvalue weighted by atomic mass is 16.5. The molecule has 3 aromatic heterocycles. The first-order chi connectivity index (χ1) is 32.6. The van der Waals surface area contributed by atoms with Gasteiger partial charge >= 0.3 is 0 Å². The number of ether oxygens (including phenoxy) is 3. The number of hydrogen-bond donors (Lipinski definition) is 4. The number of carbonyl (C=O) groups is 4. The van der Waals surface area contributed by atoms with E-state index >= 15 is 0 Å². The summed E-state index contributed by atoms with van der Waals surface area (Å²) in [4.78, 5) is 65.3. The van der Waals surface area contributed by atoms with Crippen LogP contribution in [0.15, 0.2) is 79.1 Å². The Kier molecular flexibility index (Phi) is 15.8. The Bertz CT molecular complexity index is 2540. The molecule has 18 heteroatoms. The van der Waals surface area contributed by atoms with Crippen LogP contribution in [-0.2, 0) is 32.7 Å². The minimum absolute atomic E-state index is 0.0618. The fourth-order valence-electron chi connectivity index (χ4n) is 8.73. The van der Waals surface area contributed by atoms with Gasteiger partial charge in [-0.25, -0.2) is 4.98 Å². The number of methoxy groups -OCH3 is 1. The Hall–Kier alpha value is -6.79. The van der Waals surface area contributed by atoms with E-state index in [1.807, 2.05) is 89.3 Å². The zero-order chi connectivity index (χ0) is 48.5. The maximum absolute atomic E-state index is 14.3. The quantitative estimate of drug-likeness (QED) is 0.0887. The monoisotopic (exact) mass is 932 g/mol. The van der Waals surface area contributed by atoms with E-state index in [4.69, 9.17) is 14.2 Å². The zero-order valence-corrected chi connectivity index (χ0v) is 40.4. The third kappa shape index (κ3) is 12.0. The predicted molar refractivity (Wildman–Crippen MR) is 259 cm³/mol. The number of pyridine rings is 1. The SMILES string of the molecule is COc1cc(N2CC[C@H](OCC(=O)N[C@H](C(=O)N3CCC[C@H]3C(=O)NCc3ccc(-c4ccnn4C)cc3OCCN(C)C)C(C)(C)C)C[C@@H]2C)ccc1NC(=O)c1cccc(-c2ccn[nH]2)n1. The molecule has 2 saturated heterocycles. The minimum Gasteiger partial charge on any atom is -0.494 e. The molecule has 0 radical (unpaired) electrons. The molecule has 5 aromatic rings. The van der Waals surface area contributed by atoms with Gasteiger partial charge in [-0.05, 0) is 94.6 Å². The number of aryl methyl sites for hydroxylation is 1. The molecule has 0 saturated carbocycles. The molecule has 0 spiro atoms. The van der Waals surface area contributed by atoms with Gasteiger partial charge in [-0.3, -0.25) is 29.0 Å². The Labute approximate surface area is 398 Å². The second kappa shape index (κ2) is 21.9. The van der Waals surface area contributed by atoms with Crippen LogP contribution in [-0.4, -0.2) is 137 Å². The fraction of sp³-hybridized carbons (Fsp3) is 0.460. The summed E-state index contributed by atoms with van der Waals surface area (Å²) in [5.74, 6) is -0.143. The van der Waals surface area contributed by atoms with Crippen molar-refractivity contribution in [1.82, 2.24) is 45.4 Å². The smallest absolute Gasteiger partial charge is 0.274 e. The molecule has 0 unspecified atom stereocenters. The van der Waals surface area contributed by atoms with E-state index in [2.05, 4.69) is 48.1 Å². The molecule has 2 aliphatic rings. The van der Waals surface area contributed by atoms with Gasteiger partial charge < -0.3 is 44.9 Å². The van der Waals surface area contributed by atoms with Gasteiger partial charge in [0, 0.05) is 74.5 Å². The van der Waals surface area contributed by atoms with Gasteiger partial charge in [0.05, 0.1) is 36.0 Å². The minimum atomic E-state index is -0.879. The van der Waals surface area contributed by atoms with E-state index in [-0.39, 0.29) is 48.7 Å². The molecular weight excluding hydrogens is 867 g/mol. The number of rotatable bonds is 18. The van der Waals surface area contributed by atoms with Crippen molar-refractivity contribution in [2.45, 2.75) is 84.2 Å². The van der Waals surface area contributed by atoms with Crippen LogP contribution in [0.2, 0.25) is 0 Å². The Morgan fingerprint density at radius 2 is 1.79 bits per heavy atom. The number of likely N-dealkylation sites (tertiary alicyclic amines) is 1. The van der Waals surface area contributed by atoms with Crippen molar-refractivity contribution in [3.05, 3.63) is 90.4 Å². The van der Waals surface area contributed by atoms with Gasteiger partial charge in [0.2, 0.25) is 17.7 Å². The first kappa shape index (κ1) is 49.1. The van der Waals surface area contributed by atoms with E-state index in [1.54, 1.807) is 53.4 Å². The van der Waals surface area contributed by atoms with E-state index in [0.717, 1.165) is 29.1 Å². The molecule has 5 heterocycles. The fourth-order valence-corrected chi connectivity index (χ4v) is 8.73. The molecule has 0 aliphatic carbocycles. The molecule has 2 aromatic carbocycles. The Balaban J connectivity index is 0.912. The molecule has 68 heavy (non-hydrogen) atoms. The lowest BCUT2D eigenvalue weighted by molar-refractivity contribution is -0.145. The maximum Gasteiger partial charge on any atom is 0.274 e. The van der Waals surface area contributed by atoms with Crippen molar-refractivity contribution in [3.63, 3.8) is 0 Å². The van der Waals surface area contributed by atoms with Crippen LogP contribution in [0.3, 0.4) is 0 Å². The number of nitrogens with one attached hydrogen (secondary N) is 4. The highest BCUT2D eigenvalue weighted by Crippen LogP contribution is 2.34. The van der Waals surface area contributed by atoms with E-state index < -0.39 is 23.4 Å². The molecule has 4 atom stereocenters. The number of hydrogen-bond acceptors (Lipinski definition) is 12. The molecule has 2 fully saturated rings. The van der Waals surface area contributed by atoms with Crippen LogP contribution in [0.4, 0.5) is 11.4 Å². The summed E-state index contributed by atoms with van der Waals surface area (Å²) < 4.78 is 19.9. The molecule has 0 bridgehead atoms. The topological polar surface area (TPSA) is 201 Å². The van der Waals surface area contributed by atoms with E-state index in [1.165, 1.54) is 0 Å². The van der Waals surface area contributed by atoms with Crippen molar-refractivity contribution in [1.29, 1.82) is 0 Å². The van der Waals surface area contributed by atoms with Crippen LogP contribution < -0.4 is 30.3 Å². The number of H-pyrrole nitrogens is 1. The summed E-state index contributed by atoms with van der Waals surface area (Å²) in [6.07, 6.45) is 5.71. The van der Waals surface area contributed by atoms with Crippen molar-refractivity contribution >= 4 is 35.0 Å². The molecular formula is C50H65N11O7. The van der Waals surface area contributed by atoms with Crippen molar-refractivity contribution in [3.8, 4) is 34.1 Å². The van der Waals surface area contributed by atoms with Crippen molar-refractivity contribution < 1.29 is 33.4 Å². The largest absolute Gasteiger partial charge is 0.494 e. The average molecular weight is 932 g/mol. The molecule has 4 amide bonds. The van der Waals surface area contributed by atoms with Gasteiger partial charge in [0.25, 0.3) is 5.91 Å². The van der Waals surface area contributed by atoms with E-state index in [0.29, 0.717) is 74.0 Å². The van der Waals surface area contributed by atoms with Crippen LogP contribution >= 0.6 is 0 Å². The number of amides is 4. The summed E-state index contributed by atoms with van der Waals surface area (Å²) >= 11 is 0. The van der Waals surface area contributed by atoms with Crippen molar-refractivity contribution in [2.24, 2.45) is 12.5 Å². The zero-order valence-electron chi connectivity index (χ0n) is 40.4. The van der Waals surface area contributed by atoms with Crippen LogP contribution in [0, 0.1) is 5.41 Å². The van der Waals surface area contributed by atoms with Gasteiger partial charge in [-0.15, -0.1) is 0 Å². The second-order valence-corrected chi connectivity index (χ2v) is 18.8. The first-order valence-electron chi connectivity index (χ1n) is 23.2. The normalized spacial score (nSPS) is 17.8. The number of nitrogens with zero attached hydrogens (tertiary/aromatic N) is 7. The number of benzene rings is 2. The highest BCUT2D eigenvalue weighted by Gasteiger charge is 2.42. The summed E-state index contributed by atoms with van der Waals surface area (Å²) in [5.41, 5.74) is 5.06. The lowest BCUT2D eigenvalue weighted by Gasteiger charge is -2.39.